The maximum atomic E-state index is 12.8. The van der Waals surface area contributed by atoms with Crippen LogP contribution in [0.3, 0.4) is 0 Å². The normalized spacial score (nSPS) is 21.3. The summed E-state index contributed by atoms with van der Waals surface area (Å²) >= 11 is 0. The van der Waals surface area contributed by atoms with Gasteiger partial charge in [-0.05, 0) is 38.1 Å². The van der Waals surface area contributed by atoms with Crippen LogP contribution in [0.5, 0.6) is 5.75 Å². The van der Waals surface area contributed by atoms with Gasteiger partial charge in [-0.25, -0.2) is 0 Å². The van der Waals surface area contributed by atoms with Crippen LogP contribution >= 0.6 is 0 Å². The number of likely N-dealkylation sites (tertiary alicyclic amines) is 1. The maximum absolute atomic E-state index is 12.8. The molecule has 2 rings (SSSR count). The Morgan fingerprint density at radius 2 is 1.74 bits per heavy atom. The number of aliphatic hydroxyl groups is 2. The van der Waals surface area contributed by atoms with Gasteiger partial charge in [-0.2, -0.15) is 0 Å². The first kappa shape index (κ1) is 17.6. The Bertz CT molecular complexity index is 518. The lowest BCUT2D eigenvalue weighted by atomic mass is 9.98. The SMILES string of the molecule is COc1ccc(NC(C)(C)C(=O)N2C[C@@H](CO)[C@H](CO)C2)cc1. The molecule has 1 saturated heterocycles. The van der Waals surface area contributed by atoms with Crippen molar-refractivity contribution < 1.29 is 19.7 Å². The summed E-state index contributed by atoms with van der Waals surface area (Å²) in [5.74, 6) is 0.611. The molecule has 1 amide bonds. The molecule has 0 aromatic heterocycles. The van der Waals surface area contributed by atoms with Gasteiger partial charge in [0.2, 0.25) is 5.91 Å². The molecule has 1 aliphatic heterocycles. The Morgan fingerprint density at radius 3 is 2.17 bits per heavy atom. The lowest BCUT2D eigenvalue weighted by Crippen LogP contribution is -2.49. The number of carbonyl (C=O) groups is 1. The molecule has 0 saturated carbocycles. The Kier molecular flexibility index (Phi) is 5.49. The van der Waals surface area contributed by atoms with E-state index < -0.39 is 5.54 Å². The fourth-order valence-corrected chi connectivity index (χ4v) is 3.00. The third-order valence-electron chi connectivity index (χ3n) is 4.41. The molecule has 1 heterocycles. The minimum Gasteiger partial charge on any atom is -0.497 e. The van der Waals surface area contributed by atoms with Crippen molar-refractivity contribution in [2.45, 2.75) is 19.4 Å². The molecule has 23 heavy (non-hydrogen) atoms. The summed E-state index contributed by atoms with van der Waals surface area (Å²) in [5, 5.41) is 22.0. The van der Waals surface area contributed by atoms with Crippen LogP contribution in [0.4, 0.5) is 5.69 Å². The van der Waals surface area contributed by atoms with E-state index in [2.05, 4.69) is 5.32 Å². The predicted octanol–water partition coefficient (Wildman–Crippen LogP) is 0.945. The van der Waals surface area contributed by atoms with Crippen molar-refractivity contribution in [3.8, 4) is 5.75 Å². The molecule has 2 atom stereocenters. The van der Waals surface area contributed by atoms with Crippen LogP contribution in [-0.4, -0.2) is 60.0 Å². The summed E-state index contributed by atoms with van der Waals surface area (Å²) in [6, 6.07) is 7.40. The zero-order chi connectivity index (χ0) is 17.0. The van der Waals surface area contributed by atoms with Gasteiger partial charge in [0, 0.05) is 43.8 Å². The van der Waals surface area contributed by atoms with Crippen molar-refractivity contribution in [2.24, 2.45) is 11.8 Å². The van der Waals surface area contributed by atoms with E-state index in [1.165, 1.54) is 0 Å². The van der Waals surface area contributed by atoms with Gasteiger partial charge in [-0.3, -0.25) is 4.79 Å². The lowest BCUT2D eigenvalue weighted by molar-refractivity contribution is -0.134. The molecule has 6 nitrogen and oxygen atoms in total. The van der Waals surface area contributed by atoms with E-state index in [1.807, 2.05) is 38.1 Å². The van der Waals surface area contributed by atoms with Crippen molar-refractivity contribution in [3.63, 3.8) is 0 Å². The smallest absolute Gasteiger partial charge is 0.247 e. The van der Waals surface area contributed by atoms with Crippen LogP contribution < -0.4 is 10.1 Å². The number of rotatable bonds is 6. The lowest BCUT2D eigenvalue weighted by Gasteiger charge is -2.31. The summed E-state index contributed by atoms with van der Waals surface area (Å²) in [7, 11) is 1.61. The Balaban J connectivity index is 2.04. The van der Waals surface area contributed by atoms with Gasteiger partial charge in [0.15, 0.2) is 0 Å². The number of nitrogens with zero attached hydrogens (tertiary/aromatic N) is 1. The van der Waals surface area contributed by atoms with E-state index in [4.69, 9.17) is 4.74 Å². The van der Waals surface area contributed by atoms with Crippen molar-refractivity contribution >= 4 is 11.6 Å². The molecule has 3 N–H and O–H groups in total. The summed E-state index contributed by atoms with van der Waals surface area (Å²) in [5.41, 5.74) is 0.0552. The average molecular weight is 322 g/mol. The van der Waals surface area contributed by atoms with Crippen LogP contribution in [-0.2, 0) is 4.79 Å². The highest BCUT2D eigenvalue weighted by Crippen LogP contribution is 2.27. The predicted molar refractivity (Wildman–Crippen MR) is 88.4 cm³/mol. The molecule has 1 fully saturated rings. The number of hydrogen-bond acceptors (Lipinski definition) is 5. The van der Waals surface area contributed by atoms with Crippen molar-refractivity contribution in [1.82, 2.24) is 4.90 Å². The zero-order valence-electron chi connectivity index (χ0n) is 14.0. The van der Waals surface area contributed by atoms with Gasteiger partial charge in [0.25, 0.3) is 0 Å². The molecule has 0 aliphatic carbocycles. The van der Waals surface area contributed by atoms with Crippen LogP contribution in [0.15, 0.2) is 24.3 Å². The fourth-order valence-electron chi connectivity index (χ4n) is 3.00. The van der Waals surface area contributed by atoms with Gasteiger partial charge < -0.3 is 25.2 Å². The van der Waals surface area contributed by atoms with E-state index in [1.54, 1.807) is 12.0 Å². The van der Waals surface area contributed by atoms with E-state index in [0.29, 0.717) is 13.1 Å². The summed E-state index contributed by atoms with van der Waals surface area (Å²) in [6.45, 7) is 4.60. The second-order valence-electron chi connectivity index (χ2n) is 6.57. The highest BCUT2D eigenvalue weighted by atomic mass is 16.5. The molecule has 1 aromatic carbocycles. The number of amides is 1. The van der Waals surface area contributed by atoms with Gasteiger partial charge in [-0.15, -0.1) is 0 Å². The first-order valence-electron chi connectivity index (χ1n) is 7.84. The average Bonchev–Trinajstić information content (AvgIpc) is 2.97. The first-order chi connectivity index (χ1) is 10.9. The highest BCUT2D eigenvalue weighted by molar-refractivity contribution is 5.88. The molecule has 0 unspecified atom stereocenters. The van der Waals surface area contributed by atoms with Gasteiger partial charge >= 0.3 is 0 Å². The minimum atomic E-state index is -0.779. The summed E-state index contributed by atoms with van der Waals surface area (Å²) in [4.78, 5) is 14.5. The Morgan fingerprint density at radius 1 is 1.22 bits per heavy atom. The van der Waals surface area contributed by atoms with Gasteiger partial charge in [-0.1, -0.05) is 0 Å². The largest absolute Gasteiger partial charge is 0.497 e. The molecule has 6 heteroatoms. The third kappa shape index (κ3) is 3.95. The van der Waals surface area contributed by atoms with Crippen molar-refractivity contribution in [1.29, 1.82) is 0 Å². The molecule has 0 spiro atoms. The van der Waals surface area contributed by atoms with E-state index in [-0.39, 0.29) is 31.0 Å². The van der Waals surface area contributed by atoms with Gasteiger partial charge in [0.05, 0.1) is 7.11 Å². The zero-order valence-corrected chi connectivity index (χ0v) is 14.0. The van der Waals surface area contributed by atoms with Crippen LogP contribution in [0.2, 0.25) is 0 Å². The minimum absolute atomic E-state index is 0.0126. The van der Waals surface area contributed by atoms with Crippen molar-refractivity contribution in [2.75, 3.05) is 38.7 Å². The number of ether oxygens (including phenoxy) is 1. The molecule has 0 bridgehead atoms. The van der Waals surface area contributed by atoms with Crippen molar-refractivity contribution in [3.05, 3.63) is 24.3 Å². The molecular weight excluding hydrogens is 296 g/mol. The topological polar surface area (TPSA) is 82.0 Å². The second kappa shape index (κ2) is 7.19. The molecule has 128 valence electrons. The Hall–Kier alpha value is -1.79. The van der Waals surface area contributed by atoms with Crippen LogP contribution in [0, 0.1) is 11.8 Å². The number of carbonyl (C=O) groups excluding carboxylic acids is 1. The van der Waals surface area contributed by atoms with Crippen LogP contribution in [0.1, 0.15) is 13.8 Å². The fraction of sp³-hybridized carbons (Fsp3) is 0.588. The summed E-state index contributed by atoms with van der Waals surface area (Å²) < 4.78 is 5.13. The number of nitrogens with one attached hydrogen (secondary N) is 1. The molecule has 0 radical (unpaired) electrons. The number of aliphatic hydroxyl groups excluding tert-OH is 2. The van der Waals surface area contributed by atoms with Gasteiger partial charge in [0.1, 0.15) is 11.3 Å². The van der Waals surface area contributed by atoms with E-state index >= 15 is 0 Å². The standard InChI is InChI=1S/C17H26N2O4/c1-17(2,18-14-4-6-15(23-3)7-5-14)16(22)19-8-12(10-20)13(9-19)11-21/h4-7,12-13,18,20-21H,8-11H2,1-3H3/t12-,13-/m0/s1. The monoisotopic (exact) mass is 322 g/mol. The third-order valence-corrected chi connectivity index (χ3v) is 4.41. The number of anilines is 1. The molecular formula is C17H26N2O4. The molecule has 1 aromatic rings. The summed E-state index contributed by atoms with van der Waals surface area (Å²) in [6.07, 6.45) is 0. The second-order valence-corrected chi connectivity index (χ2v) is 6.57. The van der Waals surface area contributed by atoms with E-state index in [9.17, 15) is 15.0 Å². The van der Waals surface area contributed by atoms with E-state index in [0.717, 1.165) is 11.4 Å². The first-order valence-corrected chi connectivity index (χ1v) is 7.84. The number of hydrogen-bond donors (Lipinski definition) is 3. The molecule has 1 aliphatic rings. The van der Waals surface area contributed by atoms with Crippen LogP contribution in [0.25, 0.3) is 0 Å². The number of benzene rings is 1. The maximum Gasteiger partial charge on any atom is 0.247 e. The number of methoxy groups -OCH3 is 1. The quantitative estimate of drug-likeness (QED) is 0.726. The highest BCUT2D eigenvalue weighted by Gasteiger charge is 2.39. The Labute approximate surface area is 137 Å².